The van der Waals surface area contributed by atoms with E-state index in [4.69, 9.17) is 0 Å². The van der Waals surface area contributed by atoms with Crippen LogP contribution in [-0.4, -0.2) is 10.8 Å². The summed E-state index contributed by atoms with van der Waals surface area (Å²) in [4.78, 5) is 16.6. The fourth-order valence-electron chi connectivity index (χ4n) is 2.29. The van der Waals surface area contributed by atoms with Crippen LogP contribution in [0.25, 0.3) is 6.08 Å². The fourth-order valence-corrected chi connectivity index (χ4v) is 2.29. The van der Waals surface area contributed by atoms with Crippen LogP contribution in [-0.2, 0) is 6.42 Å². The molecule has 2 heteroatoms. The van der Waals surface area contributed by atoms with Gasteiger partial charge in [-0.3, -0.25) is 9.78 Å². The Balaban J connectivity index is 1.98. The predicted octanol–water partition coefficient (Wildman–Crippen LogP) is 3.29. The summed E-state index contributed by atoms with van der Waals surface area (Å²) in [6, 6.07) is 13.6. The van der Waals surface area contributed by atoms with E-state index < -0.39 is 0 Å². The Morgan fingerprint density at radius 3 is 2.67 bits per heavy atom. The molecule has 1 heterocycles. The van der Waals surface area contributed by atoms with E-state index in [-0.39, 0.29) is 5.78 Å². The molecule has 0 saturated heterocycles. The van der Waals surface area contributed by atoms with Crippen LogP contribution in [0.4, 0.5) is 0 Å². The lowest BCUT2D eigenvalue weighted by molar-refractivity contribution is 0.102. The van der Waals surface area contributed by atoms with Gasteiger partial charge in [-0.25, -0.2) is 0 Å². The number of allylic oxidation sites excluding steroid dienone is 1. The first-order valence-electron chi connectivity index (χ1n) is 6.09. The number of fused-ring (bicyclic) bond motifs is 1. The van der Waals surface area contributed by atoms with Crippen LogP contribution in [0.15, 0.2) is 54.2 Å². The number of Topliss-reactive ketones (excluding diaryl/α,β-unsaturated/α-hetero) is 1. The minimum absolute atomic E-state index is 0.141. The average Bonchev–Trinajstić information content (AvgIpc) is 2.43. The molecule has 0 unspecified atom stereocenters. The van der Waals surface area contributed by atoms with Crippen LogP contribution < -0.4 is 0 Å². The molecule has 18 heavy (non-hydrogen) atoms. The van der Waals surface area contributed by atoms with Crippen molar-refractivity contribution < 1.29 is 4.79 Å². The van der Waals surface area contributed by atoms with Gasteiger partial charge in [0.05, 0.1) is 5.69 Å². The molecule has 0 aliphatic heterocycles. The number of rotatable bonds is 1. The Bertz CT molecular complexity index is 614. The summed E-state index contributed by atoms with van der Waals surface area (Å²) < 4.78 is 0. The van der Waals surface area contributed by atoms with E-state index in [1.54, 1.807) is 6.20 Å². The van der Waals surface area contributed by atoms with Crippen molar-refractivity contribution in [1.82, 2.24) is 4.98 Å². The number of ketones is 1. The Morgan fingerprint density at radius 1 is 1.00 bits per heavy atom. The highest BCUT2D eigenvalue weighted by Gasteiger charge is 2.21. The minimum Gasteiger partial charge on any atom is -0.289 e. The number of aromatic nitrogens is 1. The summed E-state index contributed by atoms with van der Waals surface area (Å²) in [5.74, 6) is 0.141. The number of pyridine rings is 1. The molecule has 0 atom stereocenters. The van der Waals surface area contributed by atoms with Crippen LogP contribution in [0.1, 0.15) is 28.0 Å². The number of nitrogens with zero attached hydrogens (tertiary/aromatic N) is 1. The second-order valence-corrected chi connectivity index (χ2v) is 4.41. The number of carbonyl (C=O) groups excluding carboxylic acids is 1. The van der Waals surface area contributed by atoms with Crippen LogP contribution in [0.2, 0.25) is 0 Å². The van der Waals surface area contributed by atoms with Gasteiger partial charge in [-0.2, -0.15) is 0 Å². The summed E-state index contributed by atoms with van der Waals surface area (Å²) in [7, 11) is 0. The Labute approximate surface area is 106 Å². The van der Waals surface area contributed by atoms with Gasteiger partial charge in [-0.15, -0.1) is 0 Å². The second-order valence-electron chi connectivity index (χ2n) is 4.41. The first kappa shape index (κ1) is 10.9. The number of carbonyl (C=O) groups is 1. The van der Waals surface area contributed by atoms with E-state index in [1.807, 2.05) is 48.5 Å². The van der Waals surface area contributed by atoms with E-state index >= 15 is 0 Å². The van der Waals surface area contributed by atoms with Crippen LogP contribution in [0, 0.1) is 0 Å². The molecule has 0 fully saturated rings. The van der Waals surface area contributed by atoms with Crippen molar-refractivity contribution in [3.05, 3.63) is 71.1 Å². The van der Waals surface area contributed by atoms with E-state index in [9.17, 15) is 4.79 Å². The highest BCUT2D eigenvalue weighted by atomic mass is 16.1. The van der Waals surface area contributed by atoms with Crippen molar-refractivity contribution >= 4 is 11.9 Å². The van der Waals surface area contributed by atoms with Crippen LogP contribution in [0.3, 0.4) is 0 Å². The lowest BCUT2D eigenvalue weighted by atomic mass is 9.86. The zero-order valence-electron chi connectivity index (χ0n) is 9.97. The Morgan fingerprint density at radius 2 is 1.83 bits per heavy atom. The molecule has 0 saturated carbocycles. The summed E-state index contributed by atoms with van der Waals surface area (Å²) in [6.07, 6.45) is 5.37. The minimum atomic E-state index is 0.141. The molecule has 1 aliphatic rings. The van der Waals surface area contributed by atoms with Gasteiger partial charge in [0.25, 0.3) is 0 Å². The number of benzene rings is 1. The maximum absolute atomic E-state index is 12.3. The molecule has 0 amide bonds. The van der Waals surface area contributed by atoms with Gasteiger partial charge in [-0.05, 0) is 36.6 Å². The van der Waals surface area contributed by atoms with Crippen LogP contribution >= 0.6 is 0 Å². The standard InChI is InChI=1S/C16H13NO/c18-16-13(11-14-6-3-4-10-17-14)9-8-12-5-1-2-7-15(12)16/h1-7,10-11H,8-9H2/b13-11-. The van der Waals surface area contributed by atoms with Crippen molar-refractivity contribution in [2.75, 3.05) is 0 Å². The highest BCUT2D eigenvalue weighted by molar-refractivity contribution is 6.13. The van der Waals surface area contributed by atoms with Gasteiger partial charge in [0.15, 0.2) is 5.78 Å². The third-order valence-corrected chi connectivity index (χ3v) is 3.23. The van der Waals surface area contributed by atoms with E-state index in [0.29, 0.717) is 0 Å². The smallest absolute Gasteiger partial charge is 0.189 e. The van der Waals surface area contributed by atoms with Gasteiger partial charge in [0, 0.05) is 17.3 Å². The van der Waals surface area contributed by atoms with E-state index in [2.05, 4.69) is 4.98 Å². The Hall–Kier alpha value is -2.22. The molecular formula is C16H13NO. The molecule has 1 aliphatic carbocycles. The highest BCUT2D eigenvalue weighted by Crippen LogP contribution is 2.25. The monoisotopic (exact) mass is 235 g/mol. The molecule has 1 aromatic heterocycles. The maximum Gasteiger partial charge on any atom is 0.189 e. The van der Waals surface area contributed by atoms with Gasteiger partial charge in [-0.1, -0.05) is 30.3 Å². The lowest BCUT2D eigenvalue weighted by Crippen LogP contribution is -2.13. The molecule has 3 rings (SSSR count). The quantitative estimate of drug-likeness (QED) is 0.710. The molecule has 2 nitrogen and oxygen atoms in total. The largest absolute Gasteiger partial charge is 0.289 e. The van der Waals surface area contributed by atoms with E-state index in [0.717, 1.165) is 35.2 Å². The van der Waals surface area contributed by atoms with Gasteiger partial charge < -0.3 is 0 Å². The van der Waals surface area contributed by atoms with Crippen molar-refractivity contribution in [3.63, 3.8) is 0 Å². The van der Waals surface area contributed by atoms with Crippen LogP contribution in [0.5, 0.6) is 0 Å². The third-order valence-electron chi connectivity index (χ3n) is 3.23. The zero-order valence-corrected chi connectivity index (χ0v) is 9.97. The first-order chi connectivity index (χ1) is 8.84. The first-order valence-corrected chi connectivity index (χ1v) is 6.09. The van der Waals surface area contributed by atoms with Gasteiger partial charge >= 0.3 is 0 Å². The predicted molar refractivity (Wildman–Crippen MR) is 71.3 cm³/mol. The summed E-state index contributed by atoms with van der Waals surface area (Å²) >= 11 is 0. The van der Waals surface area contributed by atoms with Crippen molar-refractivity contribution in [2.24, 2.45) is 0 Å². The molecule has 0 spiro atoms. The molecule has 2 aromatic rings. The van der Waals surface area contributed by atoms with Gasteiger partial charge in [0.1, 0.15) is 0 Å². The maximum atomic E-state index is 12.3. The van der Waals surface area contributed by atoms with Crippen molar-refractivity contribution in [2.45, 2.75) is 12.8 Å². The molecule has 88 valence electrons. The Kier molecular flexibility index (Phi) is 2.77. The SMILES string of the molecule is O=C1/C(=C\c2ccccn2)CCc2ccccc21. The third kappa shape index (κ3) is 1.97. The fraction of sp³-hybridized carbons (Fsp3) is 0.125. The van der Waals surface area contributed by atoms with E-state index in [1.165, 1.54) is 0 Å². The molecule has 0 bridgehead atoms. The van der Waals surface area contributed by atoms with Gasteiger partial charge in [0.2, 0.25) is 0 Å². The summed E-state index contributed by atoms with van der Waals surface area (Å²) in [5.41, 5.74) is 3.69. The normalized spacial score (nSPS) is 16.7. The summed E-state index contributed by atoms with van der Waals surface area (Å²) in [6.45, 7) is 0. The molecule has 1 aromatic carbocycles. The number of hydrogen-bond acceptors (Lipinski definition) is 2. The number of aryl methyl sites for hydroxylation is 1. The second kappa shape index (κ2) is 4.57. The van der Waals surface area contributed by atoms with Crippen molar-refractivity contribution in [1.29, 1.82) is 0 Å². The topological polar surface area (TPSA) is 30.0 Å². The number of hydrogen-bond donors (Lipinski definition) is 0. The average molecular weight is 235 g/mol. The molecule has 0 N–H and O–H groups in total. The lowest BCUT2D eigenvalue weighted by Gasteiger charge is -2.16. The molecule has 0 radical (unpaired) electrons. The molecular weight excluding hydrogens is 222 g/mol. The summed E-state index contributed by atoms with van der Waals surface area (Å²) in [5, 5.41) is 0. The zero-order chi connectivity index (χ0) is 12.4. The van der Waals surface area contributed by atoms with Crippen molar-refractivity contribution in [3.8, 4) is 0 Å².